The van der Waals surface area contributed by atoms with Crippen LogP contribution < -0.4 is 4.90 Å². The van der Waals surface area contributed by atoms with Crippen LogP contribution in [-0.4, -0.2) is 35.1 Å². The number of rotatable bonds is 5. The van der Waals surface area contributed by atoms with Gasteiger partial charge in [0.15, 0.2) is 0 Å². The predicted molar refractivity (Wildman–Crippen MR) is 80.5 cm³/mol. The highest BCUT2D eigenvalue weighted by atomic mass is 16.4. The van der Waals surface area contributed by atoms with Gasteiger partial charge >= 0.3 is 5.97 Å². The quantitative estimate of drug-likeness (QED) is 0.659. The molecule has 0 bridgehead atoms. The number of carbonyl (C=O) groups is 1. The van der Waals surface area contributed by atoms with E-state index in [1.165, 1.54) is 0 Å². The minimum absolute atomic E-state index is 0.261. The Morgan fingerprint density at radius 1 is 1.35 bits per heavy atom. The van der Waals surface area contributed by atoms with Gasteiger partial charge in [-0.2, -0.15) is 0 Å². The third-order valence-corrected chi connectivity index (χ3v) is 2.74. The minimum Gasteiger partial charge on any atom is -0.478 e. The Bertz CT molecular complexity index is 569. The van der Waals surface area contributed by atoms with E-state index in [1.807, 2.05) is 14.1 Å². The van der Waals surface area contributed by atoms with E-state index in [9.17, 15) is 4.79 Å². The van der Waals surface area contributed by atoms with Gasteiger partial charge in [-0.25, -0.2) is 14.8 Å². The molecule has 0 aliphatic carbocycles. The van der Waals surface area contributed by atoms with Crippen LogP contribution in [0, 0.1) is 0 Å². The molecule has 0 amide bonds. The van der Waals surface area contributed by atoms with Crippen molar-refractivity contribution in [3.63, 3.8) is 0 Å². The fourth-order valence-electron chi connectivity index (χ4n) is 1.66. The Hall–Kier alpha value is -2.43. The second-order valence-corrected chi connectivity index (χ2v) is 4.53. The third-order valence-electron chi connectivity index (χ3n) is 2.74. The van der Waals surface area contributed by atoms with Gasteiger partial charge < -0.3 is 10.0 Å². The molecule has 0 unspecified atom stereocenters. The van der Waals surface area contributed by atoms with Gasteiger partial charge in [0, 0.05) is 32.1 Å². The summed E-state index contributed by atoms with van der Waals surface area (Å²) in [5.41, 5.74) is 2.34. The lowest BCUT2D eigenvalue weighted by atomic mass is 10.0. The first kappa shape index (κ1) is 15.6. The first-order valence-corrected chi connectivity index (χ1v) is 6.13. The number of hydrogen-bond donors (Lipinski definition) is 1. The first-order chi connectivity index (χ1) is 9.36. The number of aromatic nitrogens is 2. The molecular weight excluding hydrogens is 254 g/mol. The zero-order chi connectivity index (χ0) is 15.3. The number of hydrogen-bond acceptors (Lipinski definition) is 4. The highest BCUT2D eigenvalue weighted by molar-refractivity contribution is 5.92. The van der Waals surface area contributed by atoms with Crippen LogP contribution in [0.3, 0.4) is 0 Å². The second-order valence-electron chi connectivity index (χ2n) is 4.53. The van der Waals surface area contributed by atoms with E-state index in [0.717, 1.165) is 5.56 Å². The molecule has 0 atom stereocenters. The van der Waals surface area contributed by atoms with Crippen molar-refractivity contribution in [2.24, 2.45) is 0 Å². The molecule has 5 heteroatoms. The van der Waals surface area contributed by atoms with Gasteiger partial charge in [-0.1, -0.05) is 18.7 Å². The van der Waals surface area contributed by atoms with Crippen molar-refractivity contribution in [1.82, 2.24) is 9.97 Å². The zero-order valence-electron chi connectivity index (χ0n) is 12.2. The van der Waals surface area contributed by atoms with Gasteiger partial charge in [-0.05, 0) is 25.0 Å². The summed E-state index contributed by atoms with van der Waals surface area (Å²) < 4.78 is 0. The van der Waals surface area contributed by atoms with Crippen LogP contribution in [0.5, 0.6) is 0 Å². The summed E-state index contributed by atoms with van der Waals surface area (Å²) in [5.74, 6) is -0.338. The topological polar surface area (TPSA) is 66.3 Å². The lowest BCUT2D eigenvalue weighted by Crippen LogP contribution is -2.12. The van der Waals surface area contributed by atoms with Crippen LogP contribution in [0.15, 0.2) is 42.3 Å². The molecule has 0 aliphatic rings. The number of carboxylic acid groups (broad SMARTS) is 1. The van der Waals surface area contributed by atoms with E-state index in [1.54, 1.807) is 43.3 Å². The molecule has 1 aromatic rings. The maximum atomic E-state index is 11.0. The van der Waals surface area contributed by atoms with Gasteiger partial charge in [0.1, 0.15) is 0 Å². The molecular formula is C15H19N3O2. The summed E-state index contributed by atoms with van der Waals surface area (Å²) >= 11 is 0. The van der Waals surface area contributed by atoms with Crippen molar-refractivity contribution in [3.8, 4) is 0 Å². The van der Waals surface area contributed by atoms with Crippen LogP contribution in [0.4, 0.5) is 5.95 Å². The summed E-state index contributed by atoms with van der Waals surface area (Å²) in [4.78, 5) is 21.2. The number of carboxylic acids is 1. The van der Waals surface area contributed by atoms with E-state index < -0.39 is 5.97 Å². The van der Waals surface area contributed by atoms with Gasteiger partial charge in [0.2, 0.25) is 5.95 Å². The monoisotopic (exact) mass is 273 g/mol. The molecule has 1 rings (SSSR count). The number of allylic oxidation sites excluding steroid dienone is 3. The molecule has 0 saturated carbocycles. The minimum atomic E-state index is -0.951. The Labute approximate surface area is 119 Å². The maximum Gasteiger partial charge on any atom is 0.335 e. The fraction of sp³-hybridized carbons (Fsp3) is 0.267. The van der Waals surface area contributed by atoms with Gasteiger partial charge in [-0.15, -0.1) is 0 Å². The third kappa shape index (κ3) is 3.78. The average Bonchev–Trinajstić information content (AvgIpc) is 2.39. The smallest absolute Gasteiger partial charge is 0.335 e. The van der Waals surface area contributed by atoms with E-state index in [-0.39, 0.29) is 5.57 Å². The molecule has 1 N–H and O–H groups in total. The van der Waals surface area contributed by atoms with Crippen LogP contribution >= 0.6 is 0 Å². The summed E-state index contributed by atoms with van der Waals surface area (Å²) in [6, 6.07) is 0. The molecule has 106 valence electrons. The molecule has 0 saturated heterocycles. The Morgan fingerprint density at radius 3 is 2.30 bits per heavy atom. The molecule has 20 heavy (non-hydrogen) atoms. The van der Waals surface area contributed by atoms with Crippen molar-refractivity contribution in [2.45, 2.75) is 13.8 Å². The molecule has 0 radical (unpaired) electrons. The van der Waals surface area contributed by atoms with Crippen molar-refractivity contribution in [3.05, 3.63) is 47.8 Å². The number of anilines is 1. The largest absolute Gasteiger partial charge is 0.478 e. The van der Waals surface area contributed by atoms with E-state index in [4.69, 9.17) is 5.11 Å². The second kappa shape index (κ2) is 6.65. The van der Waals surface area contributed by atoms with Crippen LogP contribution in [0.25, 0.3) is 5.57 Å². The summed E-state index contributed by atoms with van der Waals surface area (Å²) in [5, 5.41) is 9.06. The summed E-state index contributed by atoms with van der Waals surface area (Å²) in [6.07, 6.45) is 6.62. The highest BCUT2D eigenvalue weighted by Gasteiger charge is 2.09. The molecule has 1 aromatic heterocycles. The van der Waals surface area contributed by atoms with Gasteiger partial charge in [0.05, 0.1) is 5.57 Å². The first-order valence-electron chi connectivity index (χ1n) is 6.13. The standard InChI is InChI=1S/C15H19N3O2/c1-6-13(14(19)20)11(3)7-10(2)12-8-16-15(17-9-12)18(4)5/h6-9H,2H2,1,3-5H3,(H,19,20). The zero-order valence-corrected chi connectivity index (χ0v) is 12.2. The summed E-state index contributed by atoms with van der Waals surface area (Å²) in [6.45, 7) is 7.36. The van der Waals surface area contributed by atoms with E-state index >= 15 is 0 Å². The Kier molecular flexibility index (Phi) is 5.20. The van der Waals surface area contributed by atoms with Crippen LogP contribution in [0.1, 0.15) is 19.4 Å². The Balaban J connectivity index is 2.98. The molecule has 0 spiro atoms. The maximum absolute atomic E-state index is 11.0. The predicted octanol–water partition coefficient (Wildman–Crippen LogP) is 2.53. The molecule has 0 aliphatic heterocycles. The van der Waals surface area contributed by atoms with Gasteiger partial charge in [0.25, 0.3) is 0 Å². The molecule has 1 heterocycles. The van der Waals surface area contributed by atoms with Crippen molar-refractivity contribution >= 4 is 17.5 Å². The van der Waals surface area contributed by atoms with Crippen molar-refractivity contribution in [1.29, 1.82) is 0 Å². The molecule has 5 nitrogen and oxygen atoms in total. The Morgan fingerprint density at radius 2 is 1.90 bits per heavy atom. The SMILES string of the molecule is C=C(C=C(C)C(=CC)C(=O)O)c1cnc(N(C)C)nc1. The van der Waals surface area contributed by atoms with E-state index in [2.05, 4.69) is 16.5 Å². The lowest BCUT2D eigenvalue weighted by Gasteiger charge is -2.10. The van der Waals surface area contributed by atoms with Crippen LogP contribution in [0.2, 0.25) is 0 Å². The number of nitrogens with zero attached hydrogens (tertiary/aromatic N) is 3. The number of aliphatic carboxylic acids is 1. The highest BCUT2D eigenvalue weighted by Crippen LogP contribution is 2.18. The van der Waals surface area contributed by atoms with E-state index in [0.29, 0.717) is 17.1 Å². The average molecular weight is 273 g/mol. The van der Waals surface area contributed by atoms with Crippen LogP contribution in [-0.2, 0) is 4.79 Å². The summed E-state index contributed by atoms with van der Waals surface area (Å²) in [7, 11) is 3.72. The fourth-order valence-corrected chi connectivity index (χ4v) is 1.66. The van der Waals surface area contributed by atoms with Gasteiger partial charge in [-0.3, -0.25) is 0 Å². The van der Waals surface area contributed by atoms with Crippen molar-refractivity contribution in [2.75, 3.05) is 19.0 Å². The molecule has 0 aromatic carbocycles. The lowest BCUT2D eigenvalue weighted by molar-refractivity contribution is -0.132. The molecule has 0 fully saturated rings. The van der Waals surface area contributed by atoms with Crippen molar-refractivity contribution < 1.29 is 9.90 Å². The normalized spacial score (nSPS) is 12.2.